The highest BCUT2D eigenvalue weighted by Gasteiger charge is 1.99. The number of amides is 1. The van der Waals surface area contributed by atoms with Gasteiger partial charge in [0.05, 0.1) is 13.2 Å². The molecule has 1 aromatic rings. The van der Waals surface area contributed by atoms with Crippen LogP contribution in [-0.4, -0.2) is 25.0 Å². The van der Waals surface area contributed by atoms with Gasteiger partial charge in [0.1, 0.15) is 0 Å². The molecule has 0 heterocycles. The molecule has 88 valence electrons. The van der Waals surface area contributed by atoms with Crippen molar-refractivity contribution in [3.8, 4) is 11.8 Å². The van der Waals surface area contributed by atoms with Crippen LogP contribution in [0.2, 0.25) is 0 Å². The van der Waals surface area contributed by atoms with Crippen molar-refractivity contribution >= 4 is 11.9 Å². The van der Waals surface area contributed by atoms with Gasteiger partial charge >= 0.3 is 6.09 Å². The summed E-state index contributed by atoms with van der Waals surface area (Å²) in [7, 11) is 0. The van der Waals surface area contributed by atoms with Crippen molar-refractivity contribution in [1.29, 1.82) is 0 Å². The number of nitrogens with one attached hydrogen (secondary N) is 1. The summed E-state index contributed by atoms with van der Waals surface area (Å²) in [6.07, 6.45) is -0.533. The van der Waals surface area contributed by atoms with Gasteiger partial charge in [-0.25, -0.2) is 4.79 Å². The SMILES string of the molecule is CCOC(=O)NCC#CC(=O)c1ccccc1. The minimum atomic E-state index is -0.533. The van der Waals surface area contributed by atoms with Crippen molar-refractivity contribution in [2.45, 2.75) is 6.92 Å². The van der Waals surface area contributed by atoms with Crippen LogP contribution < -0.4 is 5.32 Å². The largest absolute Gasteiger partial charge is 0.450 e. The molecule has 0 bridgehead atoms. The van der Waals surface area contributed by atoms with Crippen molar-refractivity contribution in [3.63, 3.8) is 0 Å². The first-order valence-electron chi connectivity index (χ1n) is 5.23. The lowest BCUT2D eigenvalue weighted by Crippen LogP contribution is -2.24. The Morgan fingerprint density at radius 2 is 2.00 bits per heavy atom. The quantitative estimate of drug-likeness (QED) is 0.488. The maximum Gasteiger partial charge on any atom is 0.407 e. The molecule has 0 fully saturated rings. The molecule has 0 unspecified atom stereocenters. The molecule has 0 spiro atoms. The van der Waals surface area contributed by atoms with Crippen molar-refractivity contribution in [2.24, 2.45) is 0 Å². The van der Waals surface area contributed by atoms with E-state index >= 15 is 0 Å². The van der Waals surface area contributed by atoms with Gasteiger partial charge in [-0.3, -0.25) is 4.79 Å². The van der Waals surface area contributed by atoms with E-state index in [1.807, 2.05) is 6.07 Å². The second kappa shape index (κ2) is 7.07. The van der Waals surface area contributed by atoms with Crippen LogP contribution in [0.3, 0.4) is 0 Å². The van der Waals surface area contributed by atoms with Crippen molar-refractivity contribution in [2.75, 3.05) is 13.2 Å². The summed E-state index contributed by atoms with van der Waals surface area (Å²) >= 11 is 0. The van der Waals surface area contributed by atoms with E-state index in [9.17, 15) is 9.59 Å². The zero-order valence-corrected chi connectivity index (χ0v) is 9.53. The van der Waals surface area contributed by atoms with Gasteiger partial charge in [0.15, 0.2) is 0 Å². The maximum atomic E-state index is 11.5. The minimum Gasteiger partial charge on any atom is -0.450 e. The Balaban J connectivity index is 2.40. The van der Waals surface area contributed by atoms with Crippen LogP contribution in [0.4, 0.5) is 4.79 Å². The molecule has 1 rings (SSSR count). The smallest absolute Gasteiger partial charge is 0.407 e. The molecule has 0 saturated carbocycles. The van der Waals surface area contributed by atoms with E-state index in [2.05, 4.69) is 21.9 Å². The normalized spacial score (nSPS) is 8.76. The van der Waals surface area contributed by atoms with Gasteiger partial charge in [-0.1, -0.05) is 36.3 Å². The van der Waals surface area contributed by atoms with E-state index < -0.39 is 6.09 Å². The summed E-state index contributed by atoms with van der Waals surface area (Å²) in [5, 5.41) is 2.40. The number of hydrogen-bond acceptors (Lipinski definition) is 3. The molecule has 0 saturated heterocycles. The van der Waals surface area contributed by atoms with Crippen molar-refractivity contribution in [1.82, 2.24) is 5.32 Å². The summed E-state index contributed by atoms with van der Waals surface area (Å²) in [5.74, 6) is 4.73. The first-order valence-corrected chi connectivity index (χ1v) is 5.23. The summed E-state index contributed by atoms with van der Waals surface area (Å²) in [6, 6.07) is 8.75. The number of ketones is 1. The zero-order valence-electron chi connectivity index (χ0n) is 9.53. The molecule has 1 N–H and O–H groups in total. The second-order valence-electron chi connectivity index (χ2n) is 3.07. The summed E-state index contributed by atoms with van der Waals surface area (Å²) in [6.45, 7) is 2.11. The summed E-state index contributed by atoms with van der Waals surface area (Å²) in [5.41, 5.74) is 0.538. The van der Waals surface area contributed by atoms with E-state index in [4.69, 9.17) is 0 Å². The fraction of sp³-hybridized carbons (Fsp3) is 0.231. The lowest BCUT2D eigenvalue weighted by Gasteiger charge is -1.99. The predicted octanol–water partition coefficient (Wildman–Crippen LogP) is 1.62. The van der Waals surface area contributed by atoms with Gasteiger partial charge in [0.25, 0.3) is 0 Å². The third-order valence-corrected chi connectivity index (χ3v) is 1.83. The standard InChI is InChI=1S/C13H13NO3/c1-2-17-13(16)14-10-6-9-12(15)11-7-4-3-5-8-11/h3-5,7-8H,2,10H2,1H3,(H,14,16). The average Bonchev–Trinajstić information content (AvgIpc) is 2.36. The molecule has 0 aromatic heterocycles. The molecule has 0 atom stereocenters. The molecule has 0 aliphatic carbocycles. The predicted molar refractivity (Wildman–Crippen MR) is 63.6 cm³/mol. The van der Waals surface area contributed by atoms with E-state index in [1.165, 1.54) is 0 Å². The van der Waals surface area contributed by atoms with Crippen LogP contribution in [-0.2, 0) is 4.74 Å². The number of hydrogen-bond donors (Lipinski definition) is 1. The van der Waals surface area contributed by atoms with Crippen LogP contribution in [0.25, 0.3) is 0 Å². The minimum absolute atomic E-state index is 0.0946. The van der Waals surface area contributed by atoms with Crippen LogP contribution in [0.5, 0.6) is 0 Å². The summed E-state index contributed by atoms with van der Waals surface area (Å²) < 4.78 is 4.63. The average molecular weight is 231 g/mol. The summed E-state index contributed by atoms with van der Waals surface area (Å²) in [4.78, 5) is 22.4. The van der Waals surface area contributed by atoms with Gasteiger partial charge in [0.2, 0.25) is 5.78 Å². The van der Waals surface area contributed by atoms with Crippen LogP contribution in [0, 0.1) is 11.8 Å². The molecular formula is C13H13NO3. The number of carbonyl (C=O) groups is 2. The molecule has 0 aliphatic rings. The molecule has 1 amide bonds. The Hall–Kier alpha value is -2.28. The van der Waals surface area contributed by atoms with Gasteiger partial charge in [0, 0.05) is 5.56 Å². The van der Waals surface area contributed by atoms with Crippen LogP contribution in [0.1, 0.15) is 17.3 Å². The molecule has 0 aliphatic heterocycles. The third kappa shape index (κ3) is 4.85. The van der Waals surface area contributed by atoms with E-state index in [0.717, 1.165) is 0 Å². The molecular weight excluding hydrogens is 218 g/mol. The topological polar surface area (TPSA) is 55.4 Å². The maximum absolute atomic E-state index is 11.5. The van der Waals surface area contributed by atoms with Crippen LogP contribution >= 0.6 is 0 Å². The highest BCUT2D eigenvalue weighted by molar-refractivity contribution is 6.08. The molecule has 17 heavy (non-hydrogen) atoms. The number of rotatable bonds is 3. The van der Waals surface area contributed by atoms with E-state index in [0.29, 0.717) is 12.2 Å². The zero-order chi connectivity index (χ0) is 12.5. The van der Waals surface area contributed by atoms with Crippen molar-refractivity contribution in [3.05, 3.63) is 35.9 Å². The lowest BCUT2D eigenvalue weighted by atomic mass is 10.1. The number of alkyl carbamates (subject to hydrolysis) is 1. The fourth-order valence-corrected chi connectivity index (χ4v) is 1.08. The molecule has 4 nitrogen and oxygen atoms in total. The molecule has 4 heteroatoms. The van der Waals surface area contributed by atoms with Crippen molar-refractivity contribution < 1.29 is 14.3 Å². The molecule has 1 aromatic carbocycles. The molecule has 0 radical (unpaired) electrons. The van der Waals surface area contributed by atoms with Gasteiger partial charge in [-0.05, 0) is 12.8 Å². The number of Topliss-reactive ketones (excluding diaryl/α,β-unsaturated/α-hetero) is 1. The monoisotopic (exact) mass is 231 g/mol. The van der Waals surface area contributed by atoms with Gasteiger partial charge in [-0.2, -0.15) is 0 Å². The van der Waals surface area contributed by atoms with Gasteiger partial charge in [-0.15, -0.1) is 0 Å². The Morgan fingerprint density at radius 1 is 1.29 bits per heavy atom. The van der Waals surface area contributed by atoms with E-state index in [1.54, 1.807) is 31.2 Å². The first kappa shape index (κ1) is 12.8. The Morgan fingerprint density at radius 3 is 2.65 bits per heavy atom. The van der Waals surface area contributed by atoms with E-state index in [-0.39, 0.29) is 12.3 Å². The van der Waals surface area contributed by atoms with Gasteiger partial charge < -0.3 is 10.1 Å². The second-order valence-corrected chi connectivity index (χ2v) is 3.07. The highest BCUT2D eigenvalue weighted by Crippen LogP contribution is 1.98. The number of benzene rings is 1. The van der Waals surface area contributed by atoms with Crippen LogP contribution in [0.15, 0.2) is 30.3 Å². The number of carbonyl (C=O) groups excluding carboxylic acids is 2. The first-order chi connectivity index (χ1) is 8.24. The lowest BCUT2D eigenvalue weighted by molar-refractivity contribution is 0.105. The fourth-order valence-electron chi connectivity index (χ4n) is 1.08. The third-order valence-electron chi connectivity index (χ3n) is 1.83. The highest BCUT2D eigenvalue weighted by atomic mass is 16.5. The Labute approximate surface area is 100.0 Å². The number of ether oxygens (including phenoxy) is 1. The Kier molecular flexibility index (Phi) is 5.32. The Bertz CT molecular complexity index is 443.